The summed E-state index contributed by atoms with van der Waals surface area (Å²) in [6, 6.07) is -0.558. The van der Waals surface area contributed by atoms with Gasteiger partial charge >= 0.3 is 5.97 Å². The predicted octanol–water partition coefficient (Wildman–Crippen LogP) is 0.197. The number of ether oxygens (including phenoxy) is 1. The maximum absolute atomic E-state index is 10.9. The number of hydrogen-bond donors (Lipinski definition) is 2. The first-order valence-electron chi connectivity index (χ1n) is 3.77. The molecule has 1 fully saturated rings. The second kappa shape index (κ2) is 3.97. The van der Waals surface area contributed by atoms with Crippen LogP contribution in [0.4, 0.5) is 0 Å². The predicted molar refractivity (Wildman–Crippen MR) is 45.5 cm³/mol. The Morgan fingerprint density at radius 3 is 2.82 bits per heavy atom. The van der Waals surface area contributed by atoms with Gasteiger partial charge < -0.3 is 10.5 Å². The van der Waals surface area contributed by atoms with Crippen molar-refractivity contribution in [1.82, 2.24) is 0 Å². The largest absolute Gasteiger partial charge is 0.464 e. The van der Waals surface area contributed by atoms with E-state index in [1.807, 2.05) is 0 Å². The summed E-state index contributed by atoms with van der Waals surface area (Å²) in [6.45, 7) is 0.542. The van der Waals surface area contributed by atoms with Gasteiger partial charge in [0.2, 0.25) is 0 Å². The molecule has 0 radical (unpaired) electrons. The molecule has 11 heavy (non-hydrogen) atoms. The smallest absolute Gasteiger partial charge is 0.323 e. The summed E-state index contributed by atoms with van der Waals surface area (Å²) in [5.74, 6) is 0.627. The molecule has 4 heteroatoms. The number of rotatable bonds is 4. The molecule has 1 atom stereocenters. The fourth-order valence-corrected chi connectivity index (χ4v) is 0.815. The SMILES string of the molecule is NC(CS)C(=O)OCC1CC1. The average Bonchev–Trinajstić information content (AvgIpc) is 2.81. The summed E-state index contributed by atoms with van der Waals surface area (Å²) >= 11 is 3.89. The third-order valence-electron chi connectivity index (χ3n) is 1.66. The summed E-state index contributed by atoms with van der Waals surface area (Å²) in [5, 5.41) is 0. The topological polar surface area (TPSA) is 52.3 Å². The van der Waals surface area contributed by atoms with Crippen molar-refractivity contribution in [3.8, 4) is 0 Å². The van der Waals surface area contributed by atoms with E-state index in [0.717, 1.165) is 0 Å². The molecule has 1 aliphatic rings. The molecular formula is C7H13NO2S. The number of carbonyl (C=O) groups is 1. The van der Waals surface area contributed by atoms with E-state index in [4.69, 9.17) is 10.5 Å². The molecule has 64 valence electrons. The standard InChI is InChI=1S/C7H13NO2S/c8-6(4-11)7(9)10-3-5-1-2-5/h5-6,11H,1-4,8H2. The Morgan fingerprint density at radius 2 is 2.36 bits per heavy atom. The van der Waals surface area contributed by atoms with Crippen molar-refractivity contribution in [1.29, 1.82) is 0 Å². The monoisotopic (exact) mass is 175 g/mol. The van der Waals surface area contributed by atoms with Gasteiger partial charge in [0.15, 0.2) is 0 Å². The third kappa shape index (κ3) is 3.12. The van der Waals surface area contributed by atoms with Crippen LogP contribution in [0.2, 0.25) is 0 Å². The Bertz CT molecular complexity index is 147. The number of thiol groups is 1. The lowest BCUT2D eigenvalue weighted by atomic mass is 10.4. The molecule has 0 aromatic carbocycles. The molecule has 1 rings (SSSR count). The van der Waals surface area contributed by atoms with E-state index < -0.39 is 6.04 Å². The van der Waals surface area contributed by atoms with E-state index >= 15 is 0 Å². The average molecular weight is 175 g/mol. The molecule has 0 aromatic heterocycles. The Hall–Kier alpha value is -0.220. The molecule has 1 aliphatic carbocycles. The number of esters is 1. The van der Waals surface area contributed by atoms with Gasteiger partial charge in [-0.15, -0.1) is 0 Å². The first-order valence-corrected chi connectivity index (χ1v) is 4.40. The minimum atomic E-state index is -0.558. The van der Waals surface area contributed by atoms with E-state index in [1.54, 1.807) is 0 Å². The van der Waals surface area contributed by atoms with Crippen LogP contribution >= 0.6 is 12.6 Å². The highest BCUT2D eigenvalue weighted by molar-refractivity contribution is 7.80. The molecule has 0 heterocycles. The summed E-state index contributed by atoms with van der Waals surface area (Å²) in [4.78, 5) is 10.9. The van der Waals surface area contributed by atoms with Crippen LogP contribution in [0.25, 0.3) is 0 Å². The fraction of sp³-hybridized carbons (Fsp3) is 0.857. The van der Waals surface area contributed by atoms with Gasteiger partial charge in [-0.05, 0) is 18.8 Å². The lowest BCUT2D eigenvalue weighted by molar-refractivity contribution is -0.145. The fourth-order valence-electron chi connectivity index (χ4n) is 0.666. The lowest BCUT2D eigenvalue weighted by Gasteiger charge is -2.07. The maximum Gasteiger partial charge on any atom is 0.323 e. The van der Waals surface area contributed by atoms with Gasteiger partial charge in [-0.1, -0.05) is 0 Å². The third-order valence-corrected chi connectivity index (χ3v) is 2.05. The molecule has 0 amide bonds. The number of carbonyl (C=O) groups excluding carboxylic acids is 1. The second-order valence-electron chi connectivity index (χ2n) is 2.86. The van der Waals surface area contributed by atoms with Crippen molar-refractivity contribution in [2.24, 2.45) is 11.7 Å². The molecular weight excluding hydrogens is 162 g/mol. The molecule has 1 unspecified atom stereocenters. The summed E-state index contributed by atoms with van der Waals surface area (Å²) in [5.41, 5.74) is 5.37. The van der Waals surface area contributed by atoms with Gasteiger partial charge in [0.25, 0.3) is 0 Å². The van der Waals surface area contributed by atoms with Crippen LogP contribution in [0.5, 0.6) is 0 Å². The minimum Gasteiger partial charge on any atom is -0.464 e. The Kier molecular flexibility index (Phi) is 3.20. The van der Waals surface area contributed by atoms with Crippen molar-refractivity contribution in [3.05, 3.63) is 0 Å². The van der Waals surface area contributed by atoms with E-state index in [0.29, 0.717) is 18.3 Å². The molecule has 0 saturated heterocycles. The van der Waals surface area contributed by atoms with Crippen LogP contribution in [0, 0.1) is 5.92 Å². The van der Waals surface area contributed by atoms with Crippen LogP contribution in [0.3, 0.4) is 0 Å². The zero-order valence-electron chi connectivity index (χ0n) is 6.32. The molecule has 0 aliphatic heterocycles. The zero-order chi connectivity index (χ0) is 8.27. The van der Waals surface area contributed by atoms with Crippen LogP contribution in [-0.2, 0) is 9.53 Å². The van der Waals surface area contributed by atoms with Crippen LogP contribution in [0.1, 0.15) is 12.8 Å². The van der Waals surface area contributed by atoms with Crippen molar-refractivity contribution >= 4 is 18.6 Å². The van der Waals surface area contributed by atoms with Gasteiger partial charge in [-0.2, -0.15) is 12.6 Å². The normalized spacial score (nSPS) is 19.5. The summed E-state index contributed by atoms with van der Waals surface area (Å²) in [7, 11) is 0. The van der Waals surface area contributed by atoms with Gasteiger partial charge in [0, 0.05) is 5.75 Å². The highest BCUT2D eigenvalue weighted by Crippen LogP contribution is 2.28. The lowest BCUT2D eigenvalue weighted by Crippen LogP contribution is -2.34. The molecule has 0 aromatic rings. The first-order chi connectivity index (χ1) is 5.24. The quantitative estimate of drug-likeness (QED) is 0.474. The van der Waals surface area contributed by atoms with E-state index in [1.165, 1.54) is 12.8 Å². The highest BCUT2D eigenvalue weighted by atomic mass is 32.1. The summed E-state index contributed by atoms with van der Waals surface area (Å²) in [6.07, 6.45) is 2.37. The van der Waals surface area contributed by atoms with Crippen molar-refractivity contribution in [2.75, 3.05) is 12.4 Å². The zero-order valence-corrected chi connectivity index (χ0v) is 7.22. The minimum absolute atomic E-state index is 0.327. The Labute approximate surface area is 71.7 Å². The first kappa shape index (κ1) is 8.87. The Balaban J connectivity index is 2.08. The van der Waals surface area contributed by atoms with E-state index in [2.05, 4.69) is 12.6 Å². The van der Waals surface area contributed by atoms with Crippen molar-refractivity contribution in [3.63, 3.8) is 0 Å². The van der Waals surface area contributed by atoms with E-state index in [9.17, 15) is 4.79 Å². The summed E-state index contributed by atoms with van der Waals surface area (Å²) < 4.78 is 4.91. The Morgan fingerprint density at radius 1 is 1.73 bits per heavy atom. The van der Waals surface area contributed by atoms with E-state index in [-0.39, 0.29) is 5.97 Å². The number of nitrogens with two attached hydrogens (primary N) is 1. The highest BCUT2D eigenvalue weighted by Gasteiger charge is 2.24. The maximum atomic E-state index is 10.9. The van der Waals surface area contributed by atoms with Crippen molar-refractivity contribution in [2.45, 2.75) is 18.9 Å². The van der Waals surface area contributed by atoms with Crippen molar-refractivity contribution < 1.29 is 9.53 Å². The van der Waals surface area contributed by atoms with Crippen LogP contribution in [0.15, 0.2) is 0 Å². The van der Waals surface area contributed by atoms with Gasteiger partial charge in [-0.3, -0.25) is 4.79 Å². The molecule has 3 nitrogen and oxygen atoms in total. The number of hydrogen-bond acceptors (Lipinski definition) is 4. The van der Waals surface area contributed by atoms with Crippen LogP contribution in [-0.4, -0.2) is 24.4 Å². The molecule has 1 saturated carbocycles. The van der Waals surface area contributed by atoms with Gasteiger partial charge in [0.1, 0.15) is 6.04 Å². The van der Waals surface area contributed by atoms with Crippen LogP contribution < -0.4 is 5.73 Å². The van der Waals surface area contributed by atoms with Gasteiger partial charge in [0.05, 0.1) is 6.61 Å². The molecule has 0 bridgehead atoms. The molecule has 2 N–H and O–H groups in total. The second-order valence-corrected chi connectivity index (χ2v) is 3.23. The molecule has 0 spiro atoms. The van der Waals surface area contributed by atoms with Gasteiger partial charge in [-0.25, -0.2) is 0 Å².